The lowest BCUT2D eigenvalue weighted by molar-refractivity contribution is 0.176. The fourth-order valence-electron chi connectivity index (χ4n) is 8.82. The third kappa shape index (κ3) is 7.43. The predicted molar refractivity (Wildman–Crippen MR) is 164 cm³/mol. The molecule has 39 heavy (non-hydrogen) atoms. The van der Waals surface area contributed by atoms with Gasteiger partial charge in [-0.05, 0) is 85.8 Å². The molecule has 0 atom stereocenters. The second-order valence-corrected chi connectivity index (χ2v) is 18.3. The van der Waals surface area contributed by atoms with Gasteiger partial charge in [0.2, 0.25) is 0 Å². The third-order valence-corrected chi connectivity index (χ3v) is 16.8. The number of hydrogen-bond donors (Lipinski definition) is 0. The Morgan fingerprint density at radius 3 is 1.90 bits per heavy atom. The summed E-state index contributed by atoms with van der Waals surface area (Å²) in [6.45, 7) is 2.34. The first-order valence-electron chi connectivity index (χ1n) is 16.6. The second-order valence-electron chi connectivity index (χ2n) is 13.7. The van der Waals surface area contributed by atoms with Crippen LogP contribution in [0.25, 0.3) is 0 Å². The Bertz CT molecular complexity index is 996. The van der Waals surface area contributed by atoms with Crippen molar-refractivity contribution in [3.05, 3.63) is 65.7 Å². The summed E-state index contributed by atoms with van der Waals surface area (Å²) in [6, 6.07) is 20.8. The van der Waals surface area contributed by atoms with Gasteiger partial charge in [-0.15, -0.1) is 0 Å². The molecule has 5 rings (SSSR count). The van der Waals surface area contributed by atoms with Crippen molar-refractivity contribution in [2.75, 3.05) is 0 Å². The molecule has 0 N–H and O–H groups in total. The van der Waals surface area contributed by atoms with E-state index in [1.165, 1.54) is 102 Å². The van der Waals surface area contributed by atoms with Crippen LogP contribution < -0.4 is 5.19 Å². The van der Waals surface area contributed by atoms with Crippen LogP contribution in [0.2, 0.25) is 18.1 Å². The van der Waals surface area contributed by atoms with Gasteiger partial charge in [-0.2, -0.15) is 0 Å². The highest BCUT2D eigenvalue weighted by Crippen LogP contribution is 2.46. The molecule has 0 radical (unpaired) electrons. The molecular weight excluding hydrogens is 498 g/mol. The quantitative estimate of drug-likeness (QED) is 0.204. The molecule has 2 aromatic carbocycles. The van der Waals surface area contributed by atoms with Crippen LogP contribution in [0.4, 0.5) is 8.78 Å². The summed E-state index contributed by atoms with van der Waals surface area (Å²) >= 11 is 0. The maximum atomic E-state index is 13.7. The number of unbranched alkanes of at least 4 members (excludes halogenated alkanes) is 2. The molecule has 3 heteroatoms. The first kappa shape index (κ1) is 29.0. The van der Waals surface area contributed by atoms with Crippen molar-refractivity contribution < 1.29 is 8.78 Å². The Kier molecular flexibility index (Phi) is 10.4. The highest BCUT2D eigenvalue weighted by Gasteiger charge is 2.40. The summed E-state index contributed by atoms with van der Waals surface area (Å²) < 4.78 is 27.0. The van der Waals surface area contributed by atoms with Crippen LogP contribution in [0.3, 0.4) is 0 Å². The number of benzene rings is 2. The Labute approximate surface area is 238 Å². The van der Waals surface area contributed by atoms with E-state index >= 15 is 0 Å². The summed E-state index contributed by atoms with van der Waals surface area (Å²) in [7, 11) is -1.31. The first-order chi connectivity index (χ1) is 19.1. The molecule has 2 aliphatic carbocycles. The first-order valence-corrected chi connectivity index (χ1v) is 19.2. The SMILES string of the molecule is CCCCC[Si]1(c2ccccc2)CCC(C2CCC(CCC3CCC(c4ccc(F)c(F)c4)CC3)CC2)CC1. The molecule has 0 bridgehead atoms. The molecular formula is C36H52F2Si. The van der Waals surface area contributed by atoms with Gasteiger partial charge in [-0.1, -0.05) is 124 Å². The Morgan fingerprint density at radius 2 is 1.28 bits per heavy atom. The van der Waals surface area contributed by atoms with E-state index in [0.717, 1.165) is 42.1 Å². The fraction of sp³-hybridized carbons (Fsp3) is 0.667. The molecule has 1 aliphatic heterocycles. The van der Waals surface area contributed by atoms with Crippen LogP contribution in [-0.2, 0) is 0 Å². The topological polar surface area (TPSA) is 0 Å². The van der Waals surface area contributed by atoms with Crippen LogP contribution >= 0.6 is 0 Å². The van der Waals surface area contributed by atoms with Crippen LogP contribution in [0, 0.1) is 35.3 Å². The smallest absolute Gasteiger partial charge is 0.159 e. The largest absolute Gasteiger partial charge is 0.204 e. The van der Waals surface area contributed by atoms with Crippen molar-refractivity contribution in [3.8, 4) is 0 Å². The molecule has 0 spiro atoms. The van der Waals surface area contributed by atoms with Crippen molar-refractivity contribution in [1.29, 1.82) is 0 Å². The van der Waals surface area contributed by atoms with Crippen molar-refractivity contribution >= 4 is 13.3 Å². The summed E-state index contributed by atoms with van der Waals surface area (Å²) in [6.07, 6.45) is 20.7. The average Bonchev–Trinajstić information content (AvgIpc) is 2.99. The van der Waals surface area contributed by atoms with Gasteiger partial charge in [0, 0.05) is 0 Å². The van der Waals surface area contributed by atoms with Crippen LogP contribution in [-0.4, -0.2) is 8.07 Å². The predicted octanol–water partition coefficient (Wildman–Crippen LogP) is 10.8. The van der Waals surface area contributed by atoms with Crippen LogP contribution in [0.1, 0.15) is 115 Å². The summed E-state index contributed by atoms with van der Waals surface area (Å²) in [5, 5.41) is 1.75. The average molecular weight is 551 g/mol. The maximum Gasteiger partial charge on any atom is 0.159 e. The van der Waals surface area contributed by atoms with E-state index in [1.54, 1.807) is 23.3 Å². The van der Waals surface area contributed by atoms with Gasteiger partial charge in [0.1, 0.15) is 0 Å². The molecule has 0 nitrogen and oxygen atoms in total. The van der Waals surface area contributed by atoms with Gasteiger partial charge in [-0.25, -0.2) is 8.78 Å². The second kappa shape index (κ2) is 13.9. The molecule has 0 aromatic heterocycles. The monoisotopic (exact) mass is 550 g/mol. The number of hydrogen-bond acceptors (Lipinski definition) is 0. The molecule has 3 fully saturated rings. The van der Waals surface area contributed by atoms with E-state index < -0.39 is 19.7 Å². The third-order valence-electron chi connectivity index (χ3n) is 11.4. The number of halogens is 2. The molecule has 1 heterocycles. The maximum absolute atomic E-state index is 13.7. The standard InChI is InChI=1S/C36H52F2Si/c1-2-3-7-24-39(34-8-5-4-6-9-34)25-22-32(23-26-39)30-16-12-28(13-17-30)10-11-29-14-18-31(19-15-29)33-20-21-35(37)36(38)27-33/h4-6,8-9,20-21,27-32H,2-3,7,10-19,22-26H2,1H3. The zero-order chi connectivity index (χ0) is 27.1. The van der Waals surface area contributed by atoms with Crippen molar-refractivity contribution in [3.63, 3.8) is 0 Å². The summed E-state index contributed by atoms with van der Waals surface area (Å²) in [4.78, 5) is 0. The number of rotatable bonds is 10. The normalized spacial score (nSPS) is 31.7. The lowest BCUT2D eigenvalue weighted by atomic mass is 9.71. The molecule has 2 saturated carbocycles. The van der Waals surface area contributed by atoms with Crippen LogP contribution in [0.5, 0.6) is 0 Å². The van der Waals surface area contributed by atoms with Gasteiger partial charge in [0.05, 0.1) is 8.07 Å². The molecule has 0 unspecified atom stereocenters. The van der Waals surface area contributed by atoms with E-state index in [-0.39, 0.29) is 0 Å². The van der Waals surface area contributed by atoms with E-state index in [2.05, 4.69) is 37.3 Å². The summed E-state index contributed by atoms with van der Waals surface area (Å²) in [5.74, 6) is 2.77. The Balaban J connectivity index is 1.03. The minimum atomic E-state index is -1.31. The zero-order valence-electron chi connectivity index (χ0n) is 24.5. The minimum absolute atomic E-state index is 0.414. The van der Waals surface area contributed by atoms with E-state index in [0.29, 0.717) is 5.92 Å². The van der Waals surface area contributed by atoms with Gasteiger partial charge in [0.15, 0.2) is 11.6 Å². The Hall–Kier alpha value is -1.48. The van der Waals surface area contributed by atoms with Gasteiger partial charge in [-0.3, -0.25) is 0 Å². The minimum Gasteiger partial charge on any atom is -0.204 e. The van der Waals surface area contributed by atoms with Crippen LogP contribution in [0.15, 0.2) is 48.5 Å². The summed E-state index contributed by atoms with van der Waals surface area (Å²) in [5.41, 5.74) is 0.998. The highest BCUT2D eigenvalue weighted by molar-refractivity contribution is 6.92. The lowest BCUT2D eigenvalue weighted by Gasteiger charge is -2.43. The zero-order valence-corrected chi connectivity index (χ0v) is 25.5. The molecule has 1 saturated heterocycles. The van der Waals surface area contributed by atoms with Crippen molar-refractivity contribution in [1.82, 2.24) is 0 Å². The highest BCUT2D eigenvalue weighted by atomic mass is 28.3. The lowest BCUT2D eigenvalue weighted by Crippen LogP contribution is -2.50. The molecule has 0 amide bonds. The molecule has 214 valence electrons. The fourth-order valence-corrected chi connectivity index (χ4v) is 14.1. The van der Waals surface area contributed by atoms with Gasteiger partial charge >= 0.3 is 0 Å². The van der Waals surface area contributed by atoms with E-state index in [1.807, 2.05) is 0 Å². The van der Waals surface area contributed by atoms with Gasteiger partial charge in [0.25, 0.3) is 0 Å². The Morgan fingerprint density at radius 1 is 0.667 bits per heavy atom. The van der Waals surface area contributed by atoms with Crippen molar-refractivity contribution in [2.45, 2.75) is 127 Å². The molecule has 3 aliphatic rings. The van der Waals surface area contributed by atoms with Gasteiger partial charge < -0.3 is 0 Å². The van der Waals surface area contributed by atoms with E-state index in [4.69, 9.17) is 0 Å². The van der Waals surface area contributed by atoms with Crippen molar-refractivity contribution in [2.24, 2.45) is 23.7 Å². The van der Waals surface area contributed by atoms with E-state index in [9.17, 15) is 8.78 Å². The molecule has 2 aromatic rings.